The topological polar surface area (TPSA) is 115 Å². The van der Waals surface area contributed by atoms with Gasteiger partial charge in [-0.05, 0) is 35.7 Å². The Hall–Kier alpha value is -3.57. The van der Waals surface area contributed by atoms with Gasteiger partial charge in [-0.3, -0.25) is 4.79 Å². The molecule has 0 spiro atoms. The van der Waals surface area contributed by atoms with E-state index in [1.807, 2.05) is 72.8 Å². The first-order chi connectivity index (χ1) is 20.0. The highest BCUT2D eigenvalue weighted by molar-refractivity contribution is 7.99. The van der Waals surface area contributed by atoms with Gasteiger partial charge >= 0.3 is 12.0 Å². The van der Waals surface area contributed by atoms with E-state index in [1.165, 1.54) is 0 Å². The Morgan fingerprint density at radius 1 is 0.951 bits per heavy atom. The third-order valence-electron chi connectivity index (χ3n) is 6.51. The predicted molar refractivity (Wildman–Crippen MR) is 155 cm³/mol. The number of rotatable bonds is 12. The second kappa shape index (κ2) is 15.4. The van der Waals surface area contributed by atoms with Crippen molar-refractivity contribution in [3.8, 4) is 5.75 Å². The highest BCUT2D eigenvalue weighted by Gasteiger charge is 2.32. The van der Waals surface area contributed by atoms with Gasteiger partial charge in [0.25, 0.3) is 0 Å². The van der Waals surface area contributed by atoms with Crippen LogP contribution in [0, 0.1) is 0 Å². The minimum atomic E-state index is -0.579. The molecular weight excluding hydrogens is 544 g/mol. The smallest absolute Gasteiger partial charge is 0.325 e. The molecule has 10 heteroatoms. The Balaban J connectivity index is 1.41. The zero-order chi connectivity index (χ0) is 29.0. The number of benzene rings is 3. The fourth-order valence-electron chi connectivity index (χ4n) is 4.35. The van der Waals surface area contributed by atoms with E-state index in [1.54, 1.807) is 25.8 Å². The molecule has 218 valence electrons. The molecule has 1 saturated heterocycles. The zero-order valence-electron chi connectivity index (χ0n) is 23.2. The molecule has 9 nitrogen and oxygen atoms in total. The Morgan fingerprint density at radius 2 is 1.66 bits per heavy atom. The van der Waals surface area contributed by atoms with Crippen LogP contribution in [0.4, 0.5) is 4.79 Å². The highest BCUT2D eigenvalue weighted by Crippen LogP contribution is 2.40. The molecule has 0 aliphatic carbocycles. The van der Waals surface area contributed by atoms with Gasteiger partial charge in [0.1, 0.15) is 12.3 Å². The number of carbonyl (C=O) groups is 2. The average molecular weight is 581 g/mol. The van der Waals surface area contributed by atoms with Crippen molar-refractivity contribution in [1.29, 1.82) is 0 Å². The number of aliphatic hydroxyl groups excluding tert-OH is 1. The van der Waals surface area contributed by atoms with Crippen molar-refractivity contribution in [3.63, 3.8) is 0 Å². The number of thioether (sulfide) groups is 1. The van der Waals surface area contributed by atoms with Gasteiger partial charge in [0.2, 0.25) is 0 Å². The molecule has 3 unspecified atom stereocenters. The molecule has 4 rings (SSSR count). The van der Waals surface area contributed by atoms with E-state index < -0.39 is 18.3 Å². The molecule has 41 heavy (non-hydrogen) atoms. The molecule has 3 atom stereocenters. The van der Waals surface area contributed by atoms with Crippen LogP contribution in [0.15, 0.2) is 77.7 Å². The minimum Gasteiger partial charge on any atom is -0.496 e. The summed E-state index contributed by atoms with van der Waals surface area (Å²) in [7, 11) is 1.67. The predicted octanol–water partition coefficient (Wildman–Crippen LogP) is 4.89. The second-order valence-electron chi connectivity index (χ2n) is 9.39. The molecule has 0 aromatic heterocycles. The van der Waals surface area contributed by atoms with Crippen molar-refractivity contribution in [1.82, 2.24) is 10.6 Å². The summed E-state index contributed by atoms with van der Waals surface area (Å²) in [4.78, 5) is 24.5. The molecule has 0 radical (unpaired) electrons. The van der Waals surface area contributed by atoms with Gasteiger partial charge in [-0.2, -0.15) is 0 Å². The summed E-state index contributed by atoms with van der Waals surface area (Å²) in [5, 5.41) is 14.6. The molecular formula is C31H36N2O7S. The lowest BCUT2D eigenvalue weighted by Gasteiger charge is -2.36. The quantitative estimate of drug-likeness (QED) is 0.205. The van der Waals surface area contributed by atoms with Crippen LogP contribution in [0.25, 0.3) is 0 Å². The van der Waals surface area contributed by atoms with E-state index in [2.05, 4.69) is 10.6 Å². The first kappa shape index (κ1) is 30.4. The fraction of sp³-hybridized carbons (Fsp3) is 0.355. The van der Waals surface area contributed by atoms with E-state index >= 15 is 0 Å². The second-order valence-corrected chi connectivity index (χ2v) is 10.5. The van der Waals surface area contributed by atoms with E-state index in [0.29, 0.717) is 18.7 Å². The number of esters is 1. The van der Waals surface area contributed by atoms with Gasteiger partial charge in [-0.25, -0.2) is 4.79 Å². The summed E-state index contributed by atoms with van der Waals surface area (Å²) in [6.07, 6.45) is -0.172. The molecule has 1 heterocycles. The number of para-hydroxylation sites is 1. The number of hydrogen-bond donors (Lipinski definition) is 3. The van der Waals surface area contributed by atoms with Crippen molar-refractivity contribution in [3.05, 3.63) is 95.1 Å². The monoisotopic (exact) mass is 580 g/mol. The Morgan fingerprint density at radius 3 is 2.37 bits per heavy atom. The number of ether oxygens (including phenoxy) is 4. The van der Waals surface area contributed by atoms with Crippen molar-refractivity contribution >= 4 is 23.8 Å². The summed E-state index contributed by atoms with van der Waals surface area (Å²) in [5.41, 5.74) is 3.62. The van der Waals surface area contributed by atoms with Crippen molar-refractivity contribution in [2.45, 2.75) is 49.9 Å². The summed E-state index contributed by atoms with van der Waals surface area (Å²) < 4.78 is 23.2. The van der Waals surface area contributed by atoms with Crippen LogP contribution in [0.3, 0.4) is 0 Å². The number of hydrogen-bond acceptors (Lipinski definition) is 8. The normalized spacial score (nSPS) is 18.4. The SMILES string of the molecule is CCOC(=O)CNC(=O)NCc1ccc(C2OC(CSc3ccccc3OC)CC(c3ccc(CO)cc3)O2)cc1. The Labute approximate surface area is 244 Å². The number of urea groups is 1. The largest absolute Gasteiger partial charge is 0.496 e. The van der Waals surface area contributed by atoms with Gasteiger partial charge in [-0.15, -0.1) is 11.8 Å². The van der Waals surface area contributed by atoms with E-state index in [0.717, 1.165) is 32.9 Å². The highest BCUT2D eigenvalue weighted by atomic mass is 32.2. The summed E-state index contributed by atoms with van der Waals surface area (Å²) in [6, 6.07) is 22.9. The first-order valence-corrected chi connectivity index (χ1v) is 14.5. The van der Waals surface area contributed by atoms with Gasteiger partial charge in [0, 0.05) is 29.2 Å². The van der Waals surface area contributed by atoms with Crippen LogP contribution in [-0.2, 0) is 32.2 Å². The van der Waals surface area contributed by atoms with Crippen LogP contribution >= 0.6 is 11.8 Å². The van der Waals surface area contributed by atoms with Gasteiger partial charge in [-0.1, -0.05) is 60.7 Å². The molecule has 3 aromatic rings. The van der Waals surface area contributed by atoms with E-state index in [-0.39, 0.29) is 32.0 Å². The van der Waals surface area contributed by atoms with Crippen LogP contribution < -0.4 is 15.4 Å². The van der Waals surface area contributed by atoms with Crippen LogP contribution in [0.1, 0.15) is 48.0 Å². The third kappa shape index (κ3) is 8.96. The van der Waals surface area contributed by atoms with Crippen molar-refractivity contribution in [2.75, 3.05) is 26.0 Å². The molecule has 1 aliphatic heterocycles. The first-order valence-electron chi connectivity index (χ1n) is 13.5. The van der Waals surface area contributed by atoms with E-state index in [9.17, 15) is 14.7 Å². The number of nitrogens with one attached hydrogen (secondary N) is 2. The molecule has 1 fully saturated rings. The lowest BCUT2D eigenvalue weighted by molar-refractivity contribution is -0.245. The minimum absolute atomic E-state index is 0.00994. The summed E-state index contributed by atoms with van der Waals surface area (Å²) in [5.74, 6) is 1.06. The average Bonchev–Trinajstić information content (AvgIpc) is 3.02. The van der Waals surface area contributed by atoms with Gasteiger partial charge in [0.15, 0.2) is 6.29 Å². The molecule has 0 bridgehead atoms. The Kier molecular flexibility index (Phi) is 11.4. The summed E-state index contributed by atoms with van der Waals surface area (Å²) >= 11 is 1.69. The number of methoxy groups -OCH3 is 1. The molecule has 0 saturated carbocycles. The molecule has 2 amide bonds. The number of amides is 2. The van der Waals surface area contributed by atoms with E-state index in [4.69, 9.17) is 18.9 Å². The van der Waals surface area contributed by atoms with Crippen molar-refractivity contribution in [2.24, 2.45) is 0 Å². The lowest BCUT2D eigenvalue weighted by Crippen LogP contribution is -2.38. The van der Waals surface area contributed by atoms with Crippen LogP contribution in [-0.4, -0.2) is 49.2 Å². The molecule has 3 aromatic carbocycles. The van der Waals surface area contributed by atoms with Gasteiger partial charge in [0.05, 0.1) is 32.5 Å². The van der Waals surface area contributed by atoms with Gasteiger partial charge < -0.3 is 34.7 Å². The number of aliphatic hydroxyl groups is 1. The maximum atomic E-state index is 12.0. The third-order valence-corrected chi connectivity index (χ3v) is 7.70. The fourth-order valence-corrected chi connectivity index (χ4v) is 5.39. The van der Waals surface area contributed by atoms with Crippen molar-refractivity contribution < 1.29 is 33.6 Å². The summed E-state index contributed by atoms with van der Waals surface area (Å²) in [6.45, 7) is 2.07. The lowest BCUT2D eigenvalue weighted by atomic mass is 10.0. The standard InChI is InChI=1S/C31H36N2O7S/c1-3-38-29(35)18-33-31(36)32-17-21-8-14-24(15-9-21)30-39-25(20-41-28-7-5-4-6-26(28)37-2)16-27(40-30)23-12-10-22(19-34)11-13-23/h4-15,25,27,30,34H,3,16-20H2,1-2H3,(H2,32,33,36). The van der Waals surface area contributed by atoms with Crippen LogP contribution in [0.5, 0.6) is 5.75 Å². The number of carbonyl (C=O) groups excluding carboxylic acids is 2. The van der Waals surface area contributed by atoms with Crippen LogP contribution in [0.2, 0.25) is 0 Å². The Bertz CT molecular complexity index is 1270. The zero-order valence-corrected chi connectivity index (χ0v) is 24.0. The maximum Gasteiger partial charge on any atom is 0.325 e. The molecule has 1 aliphatic rings. The maximum absolute atomic E-state index is 12.0. The molecule has 3 N–H and O–H groups in total.